The van der Waals surface area contributed by atoms with E-state index in [1.165, 1.54) is 4.88 Å². The first-order valence-corrected chi connectivity index (χ1v) is 9.56. The molecule has 1 aromatic carbocycles. The van der Waals surface area contributed by atoms with E-state index in [0.717, 1.165) is 12.8 Å². The number of carbonyl (C=O) groups excluding carboxylic acids is 2. The van der Waals surface area contributed by atoms with Gasteiger partial charge in [-0.2, -0.15) is 0 Å². The lowest BCUT2D eigenvalue weighted by atomic mass is 10.2. The first-order chi connectivity index (χ1) is 12.5. The molecule has 1 saturated carbocycles. The highest BCUT2D eigenvalue weighted by atomic mass is 32.1. The van der Waals surface area contributed by atoms with E-state index in [4.69, 9.17) is 0 Å². The van der Waals surface area contributed by atoms with Crippen LogP contribution in [0, 0.1) is 0 Å². The van der Waals surface area contributed by atoms with Crippen LogP contribution in [0.25, 0.3) is 0 Å². The van der Waals surface area contributed by atoms with Crippen molar-refractivity contribution in [1.29, 1.82) is 0 Å². The standard InChI is InChI=1S/C19H24N4O2S/c1-23(2)16(17-7-4-10-26-17)12-20-19(25)22-15-6-3-5-13(11-15)18(24)21-14-8-9-14/h3-7,10-11,14,16H,8-9,12H2,1-2H3,(H,21,24)(H2,20,22,25)/t16-/m0/s1. The average molecular weight is 372 g/mol. The van der Waals surface area contributed by atoms with E-state index in [2.05, 4.69) is 26.9 Å². The third-order valence-corrected chi connectivity index (χ3v) is 5.22. The molecule has 0 radical (unpaired) electrons. The Hall–Kier alpha value is -2.38. The Morgan fingerprint density at radius 2 is 2.04 bits per heavy atom. The molecule has 0 saturated heterocycles. The molecule has 1 aliphatic rings. The van der Waals surface area contributed by atoms with E-state index in [9.17, 15) is 9.59 Å². The molecule has 7 heteroatoms. The summed E-state index contributed by atoms with van der Waals surface area (Å²) in [6.45, 7) is 0.501. The van der Waals surface area contributed by atoms with Crippen molar-refractivity contribution in [3.63, 3.8) is 0 Å². The van der Waals surface area contributed by atoms with Crippen LogP contribution < -0.4 is 16.0 Å². The summed E-state index contributed by atoms with van der Waals surface area (Å²) < 4.78 is 0. The number of anilines is 1. The van der Waals surface area contributed by atoms with E-state index in [-0.39, 0.29) is 18.0 Å². The summed E-state index contributed by atoms with van der Waals surface area (Å²) in [7, 11) is 3.98. The fourth-order valence-electron chi connectivity index (χ4n) is 2.62. The summed E-state index contributed by atoms with van der Waals surface area (Å²) in [5.41, 5.74) is 1.16. The first kappa shape index (κ1) is 18.4. The van der Waals surface area contributed by atoms with Crippen molar-refractivity contribution in [2.75, 3.05) is 26.0 Å². The Bertz CT molecular complexity index is 757. The van der Waals surface area contributed by atoms with Crippen molar-refractivity contribution >= 4 is 29.0 Å². The van der Waals surface area contributed by atoms with Crippen LogP contribution in [0.1, 0.15) is 34.1 Å². The second-order valence-corrected chi connectivity index (χ2v) is 7.64. The summed E-state index contributed by atoms with van der Waals surface area (Å²) in [6.07, 6.45) is 2.09. The SMILES string of the molecule is CN(C)[C@@H](CNC(=O)Nc1cccc(C(=O)NC2CC2)c1)c1cccs1. The molecule has 0 aliphatic heterocycles. The highest BCUT2D eigenvalue weighted by Crippen LogP contribution is 2.22. The molecule has 1 aliphatic carbocycles. The van der Waals surface area contributed by atoms with Crippen molar-refractivity contribution in [2.45, 2.75) is 24.9 Å². The number of rotatable bonds is 7. The molecule has 0 spiro atoms. The van der Waals surface area contributed by atoms with Gasteiger partial charge in [-0.15, -0.1) is 11.3 Å². The number of urea groups is 1. The molecule has 1 fully saturated rings. The van der Waals surface area contributed by atoms with E-state index in [1.54, 1.807) is 35.6 Å². The Kier molecular flexibility index (Phi) is 5.90. The fourth-order valence-corrected chi connectivity index (χ4v) is 3.54. The van der Waals surface area contributed by atoms with Gasteiger partial charge in [-0.3, -0.25) is 4.79 Å². The maximum Gasteiger partial charge on any atom is 0.319 e. The van der Waals surface area contributed by atoms with Crippen LogP contribution in [0.2, 0.25) is 0 Å². The summed E-state index contributed by atoms with van der Waals surface area (Å²) in [6, 6.07) is 11.2. The zero-order valence-corrected chi connectivity index (χ0v) is 15.8. The third kappa shape index (κ3) is 5.06. The topological polar surface area (TPSA) is 73.5 Å². The van der Waals surface area contributed by atoms with Crippen molar-refractivity contribution in [3.05, 3.63) is 52.2 Å². The van der Waals surface area contributed by atoms with Gasteiger partial charge in [0.15, 0.2) is 0 Å². The van der Waals surface area contributed by atoms with Crippen LogP contribution in [0.15, 0.2) is 41.8 Å². The number of hydrogen-bond acceptors (Lipinski definition) is 4. The van der Waals surface area contributed by atoms with Gasteiger partial charge in [-0.25, -0.2) is 4.79 Å². The Morgan fingerprint density at radius 1 is 1.23 bits per heavy atom. The number of benzene rings is 1. The van der Waals surface area contributed by atoms with Crippen LogP contribution in [-0.2, 0) is 0 Å². The van der Waals surface area contributed by atoms with Crippen LogP contribution >= 0.6 is 11.3 Å². The lowest BCUT2D eigenvalue weighted by Gasteiger charge is -2.23. The molecule has 1 atom stereocenters. The molecule has 1 heterocycles. The third-order valence-electron chi connectivity index (χ3n) is 4.25. The molecule has 6 nitrogen and oxygen atoms in total. The average Bonchev–Trinajstić information content (AvgIpc) is 3.26. The van der Waals surface area contributed by atoms with Gasteiger partial charge in [0.2, 0.25) is 0 Å². The Labute approximate surface area is 157 Å². The largest absolute Gasteiger partial charge is 0.349 e. The summed E-state index contributed by atoms with van der Waals surface area (Å²) in [5, 5.41) is 10.7. The minimum absolute atomic E-state index is 0.0954. The Morgan fingerprint density at radius 3 is 2.69 bits per heavy atom. The second-order valence-electron chi connectivity index (χ2n) is 6.66. The van der Waals surface area contributed by atoms with E-state index >= 15 is 0 Å². The van der Waals surface area contributed by atoms with E-state index < -0.39 is 0 Å². The highest BCUT2D eigenvalue weighted by Gasteiger charge is 2.23. The van der Waals surface area contributed by atoms with Gasteiger partial charge in [-0.1, -0.05) is 12.1 Å². The summed E-state index contributed by atoms with van der Waals surface area (Å²) >= 11 is 1.67. The quantitative estimate of drug-likeness (QED) is 0.699. The van der Waals surface area contributed by atoms with Gasteiger partial charge in [0, 0.05) is 28.7 Å². The van der Waals surface area contributed by atoms with E-state index in [1.807, 2.05) is 25.5 Å². The van der Waals surface area contributed by atoms with Crippen LogP contribution in [0.4, 0.5) is 10.5 Å². The molecule has 1 aromatic heterocycles. The number of thiophene rings is 1. The minimum atomic E-state index is -0.284. The molecule has 26 heavy (non-hydrogen) atoms. The molecule has 0 unspecified atom stereocenters. The molecule has 138 valence electrons. The normalized spacial score (nSPS) is 14.7. The van der Waals surface area contributed by atoms with Gasteiger partial charge in [0.05, 0.1) is 6.04 Å². The smallest absolute Gasteiger partial charge is 0.319 e. The number of carbonyl (C=O) groups is 2. The number of hydrogen-bond donors (Lipinski definition) is 3. The van der Waals surface area contributed by atoms with Gasteiger partial charge in [0.1, 0.15) is 0 Å². The molecule has 2 aromatic rings. The number of nitrogens with zero attached hydrogens (tertiary/aromatic N) is 1. The summed E-state index contributed by atoms with van der Waals surface area (Å²) in [4.78, 5) is 27.6. The van der Waals surface area contributed by atoms with Crippen LogP contribution in [-0.4, -0.2) is 43.5 Å². The zero-order valence-electron chi connectivity index (χ0n) is 15.0. The lowest BCUT2D eigenvalue weighted by Crippen LogP contribution is -2.36. The molecule has 0 bridgehead atoms. The Balaban J connectivity index is 1.55. The molecule has 3 rings (SSSR count). The predicted molar refractivity (Wildman–Crippen MR) is 105 cm³/mol. The molecular formula is C19H24N4O2S. The summed E-state index contributed by atoms with van der Waals surface area (Å²) in [5.74, 6) is -0.0954. The van der Waals surface area contributed by atoms with Crippen LogP contribution in [0.3, 0.4) is 0 Å². The number of nitrogens with one attached hydrogen (secondary N) is 3. The van der Waals surface area contributed by atoms with E-state index in [0.29, 0.717) is 23.8 Å². The van der Waals surface area contributed by atoms with Crippen molar-refractivity contribution in [2.24, 2.45) is 0 Å². The number of amides is 3. The van der Waals surface area contributed by atoms with Gasteiger partial charge >= 0.3 is 6.03 Å². The minimum Gasteiger partial charge on any atom is -0.349 e. The van der Waals surface area contributed by atoms with Crippen molar-refractivity contribution < 1.29 is 9.59 Å². The predicted octanol–water partition coefficient (Wildman–Crippen LogP) is 3.06. The highest BCUT2D eigenvalue weighted by molar-refractivity contribution is 7.10. The first-order valence-electron chi connectivity index (χ1n) is 8.68. The van der Waals surface area contributed by atoms with Gasteiger partial charge in [0.25, 0.3) is 5.91 Å². The fraction of sp³-hybridized carbons (Fsp3) is 0.368. The molecule has 3 N–H and O–H groups in total. The number of likely N-dealkylation sites (N-methyl/N-ethyl adjacent to an activating group) is 1. The van der Waals surface area contributed by atoms with Gasteiger partial charge < -0.3 is 20.9 Å². The monoisotopic (exact) mass is 372 g/mol. The maximum absolute atomic E-state index is 12.2. The second kappa shape index (κ2) is 8.33. The lowest BCUT2D eigenvalue weighted by molar-refractivity contribution is 0.0951. The maximum atomic E-state index is 12.2. The van der Waals surface area contributed by atoms with Crippen molar-refractivity contribution in [1.82, 2.24) is 15.5 Å². The molecule has 3 amide bonds. The molecular weight excluding hydrogens is 348 g/mol. The van der Waals surface area contributed by atoms with Crippen LogP contribution in [0.5, 0.6) is 0 Å². The van der Waals surface area contributed by atoms with Gasteiger partial charge in [-0.05, 0) is 56.6 Å². The van der Waals surface area contributed by atoms with Crippen molar-refractivity contribution in [3.8, 4) is 0 Å². The zero-order chi connectivity index (χ0) is 18.5.